The summed E-state index contributed by atoms with van der Waals surface area (Å²) in [6, 6.07) is 10.8. The van der Waals surface area contributed by atoms with E-state index in [1.165, 1.54) is 6.26 Å². The van der Waals surface area contributed by atoms with Crippen LogP contribution in [0.1, 0.15) is 18.1 Å². The number of sulfone groups is 1. The van der Waals surface area contributed by atoms with Gasteiger partial charge in [-0.2, -0.15) is 0 Å². The molecule has 1 aliphatic heterocycles. The number of fused-ring (bicyclic) bond motifs is 1. The van der Waals surface area contributed by atoms with Crippen LogP contribution in [0.4, 0.5) is 0 Å². The third-order valence-electron chi connectivity index (χ3n) is 4.41. The molecule has 9 heteroatoms. The highest BCUT2D eigenvalue weighted by molar-refractivity contribution is 7.90. The van der Waals surface area contributed by atoms with Crippen LogP contribution in [-0.4, -0.2) is 47.1 Å². The Kier molecular flexibility index (Phi) is 7.04. The molecular weight excluding hydrogens is 406 g/mol. The predicted molar refractivity (Wildman–Crippen MR) is 115 cm³/mol. The van der Waals surface area contributed by atoms with Crippen LogP contribution >= 0.6 is 0 Å². The predicted octanol–water partition coefficient (Wildman–Crippen LogP) is 2.26. The molecule has 0 saturated heterocycles. The van der Waals surface area contributed by atoms with E-state index in [2.05, 4.69) is 15.6 Å². The quantitative estimate of drug-likeness (QED) is 0.374. The summed E-state index contributed by atoms with van der Waals surface area (Å²) in [7, 11) is -3.22. The summed E-state index contributed by atoms with van der Waals surface area (Å²) in [6.07, 6.45) is 1.21. The van der Waals surface area contributed by atoms with Gasteiger partial charge in [0, 0.05) is 18.9 Å². The van der Waals surface area contributed by atoms with Gasteiger partial charge < -0.3 is 24.8 Å². The molecule has 162 valence electrons. The SMILES string of the molecule is CCNC(=NCc1ccc(S(C)(=O)=O)c(C)c1)NCCOc1ccc2c(c1)OCO2. The first-order valence-electron chi connectivity index (χ1n) is 9.71. The topological polar surface area (TPSA) is 98.3 Å². The Hall–Kier alpha value is -2.94. The number of rotatable bonds is 8. The van der Waals surface area contributed by atoms with Gasteiger partial charge in [0.25, 0.3) is 0 Å². The fraction of sp³-hybridized carbons (Fsp3) is 0.381. The van der Waals surface area contributed by atoms with E-state index in [1.807, 2.05) is 31.2 Å². The van der Waals surface area contributed by atoms with Crippen LogP contribution in [0.2, 0.25) is 0 Å². The summed E-state index contributed by atoms with van der Waals surface area (Å²) >= 11 is 0. The lowest BCUT2D eigenvalue weighted by molar-refractivity contribution is 0.173. The number of benzene rings is 2. The van der Waals surface area contributed by atoms with Gasteiger partial charge >= 0.3 is 0 Å². The van der Waals surface area contributed by atoms with Gasteiger partial charge in [-0.15, -0.1) is 0 Å². The largest absolute Gasteiger partial charge is 0.492 e. The van der Waals surface area contributed by atoms with Crippen molar-refractivity contribution in [1.82, 2.24) is 10.6 Å². The summed E-state index contributed by atoms with van der Waals surface area (Å²) in [4.78, 5) is 4.91. The maximum Gasteiger partial charge on any atom is 0.231 e. The Bertz CT molecular complexity index is 1020. The Balaban J connectivity index is 1.52. The van der Waals surface area contributed by atoms with Crippen molar-refractivity contribution in [1.29, 1.82) is 0 Å². The van der Waals surface area contributed by atoms with Gasteiger partial charge in [-0.05, 0) is 43.2 Å². The first-order chi connectivity index (χ1) is 14.4. The summed E-state index contributed by atoms with van der Waals surface area (Å²) < 4.78 is 39.9. The zero-order chi connectivity index (χ0) is 21.6. The van der Waals surface area contributed by atoms with Gasteiger partial charge in [0.2, 0.25) is 6.79 Å². The molecule has 3 rings (SSSR count). The summed E-state index contributed by atoms with van der Waals surface area (Å²) in [5.41, 5.74) is 1.66. The summed E-state index contributed by atoms with van der Waals surface area (Å²) in [5.74, 6) is 2.79. The number of aryl methyl sites for hydroxylation is 1. The lowest BCUT2D eigenvalue weighted by Crippen LogP contribution is -2.39. The highest BCUT2D eigenvalue weighted by Crippen LogP contribution is 2.34. The van der Waals surface area contributed by atoms with Crippen molar-refractivity contribution in [3.63, 3.8) is 0 Å². The Morgan fingerprint density at radius 3 is 2.67 bits per heavy atom. The molecule has 0 radical (unpaired) electrons. The number of guanidine groups is 1. The van der Waals surface area contributed by atoms with Gasteiger partial charge in [0.1, 0.15) is 12.4 Å². The van der Waals surface area contributed by atoms with Crippen molar-refractivity contribution < 1.29 is 22.6 Å². The molecule has 30 heavy (non-hydrogen) atoms. The highest BCUT2D eigenvalue weighted by Gasteiger charge is 2.13. The van der Waals surface area contributed by atoms with Crippen LogP contribution < -0.4 is 24.8 Å². The highest BCUT2D eigenvalue weighted by atomic mass is 32.2. The summed E-state index contributed by atoms with van der Waals surface area (Å²) in [6.45, 7) is 6.19. The van der Waals surface area contributed by atoms with Crippen molar-refractivity contribution in [2.75, 3.05) is 32.7 Å². The minimum atomic E-state index is -3.22. The van der Waals surface area contributed by atoms with Crippen molar-refractivity contribution in [2.24, 2.45) is 4.99 Å². The van der Waals surface area contributed by atoms with E-state index < -0.39 is 9.84 Å². The standard InChI is InChI=1S/C21H27N3O5S/c1-4-22-21(24-13-16-5-8-20(15(2)11-16)30(3,25)26)23-9-10-27-17-6-7-18-19(12-17)29-14-28-18/h5-8,11-12H,4,9-10,13-14H2,1-3H3,(H2,22,23,24). The third-order valence-corrected chi connectivity index (χ3v) is 5.67. The number of aliphatic imine (C=N–C) groups is 1. The summed E-state index contributed by atoms with van der Waals surface area (Å²) in [5, 5.41) is 6.41. The zero-order valence-corrected chi connectivity index (χ0v) is 18.2. The molecular formula is C21H27N3O5S. The smallest absolute Gasteiger partial charge is 0.231 e. The molecule has 0 unspecified atom stereocenters. The maximum atomic E-state index is 11.7. The molecule has 0 aliphatic carbocycles. The molecule has 0 atom stereocenters. The van der Waals surface area contributed by atoms with Gasteiger partial charge in [-0.1, -0.05) is 12.1 Å². The minimum Gasteiger partial charge on any atom is -0.492 e. The third kappa shape index (κ3) is 5.79. The van der Waals surface area contributed by atoms with Crippen molar-refractivity contribution in [2.45, 2.75) is 25.3 Å². The fourth-order valence-corrected chi connectivity index (χ4v) is 4.00. The first kappa shape index (κ1) is 21.8. The van der Waals surface area contributed by atoms with E-state index in [1.54, 1.807) is 19.1 Å². The molecule has 0 fully saturated rings. The van der Waals surface area contributed by atoms with Gasteiger partial charge in [-0.3, -0.25) is 0 Å². The normalized spacial score (nSPS) is 13.2. The van der Waals surface area contributed by atoms with Gasteiger partial charge in [-0.25, -0.2) is 13.4 Å². The van der Waals surface area contributed by atoms with E-state index in [-0.39, 0.29) is 6.79 Å². The first-order valence-corrected chi connectivity index (χ1v) is 11.6. The average molecular weight is 434 g/mol. The van der Waals surface area contributed by atoms with Crippen LogP contribution in [-0.2, 0) is 16.4 Å². The van der Waals surface area contributed by atoms with Crippen LogP contribution in [0, 0.1) is 6.92 Å². The van der Waals surface area contributed by atoms with Crippen LogP contribution in [0.25, 0.3) is 0 Å². The fourth-order valence-electron chi connectivity index (χ4n) is 3.04. The molecule has 0 amide bonds. The maximum absolute atomic E-state index is 11.7. The minimum absolute atomic E-state index is 0.235. The molecule has 1 heterocycles. The van der Waals surface area contributed by atoms with Crippen molar-refractivity contribution in [3.8, 4) is 17.2 Å². The Labute approximate surface area is 177 Å². The van der Waals surface area contributed by atoms with Crippen molar-refractivity contribution in [3.05, 3.63) is 47.5 Å². The molecule has 0 spiro atoms. The van der Waals surface area contributed by atoms with E-state index in [0.717, 1.165) is 23.4 Å². The van der Waals surface area contributed by atoms with E-state index in [0.29, 0.717) is 42.1 Å². The van der Waals surface area contributed by atoms with Crippen LogP contribution in [0.5, 0.6) is 17.2 Å². The zero-order valence-electron chi connectivity index (χ0n) is 17.4. The van der Waals surface area contributed by atoms with E-state index in [9.17, 15) is 8.42 Å². The monoisotopic (exact) mass is 433 g/mol. The Morgan fingerprint density at radius 1 is 1.13 bits per heavy atom. The second kappa shape index (κ2) is 9.71. The van der Waals surface area contributed by atoms with E-state index >= 15 is 0 Å². The second-order valence-corrected chi connectivity index (χ2v) is 8.84. The molecule has 0 bridgehead atoms. The lowest BCUT2D eigenvalue weighted by Gasteiger charge is -2.12. The Morgan fingerprint density at radius 2 is 1.93 bits per heavy atom. The van der Waals surface area contributed by atoms with Gasteiger partial charge in [0.15, 0.2) is 27.3 Å². The molecule has 2 aromatic carbocycles. The van der Waals surface area contributed by atoms with E-state index in [4.69, 9.17) is 14.2 Å². The van der Waals surface area contributed by atoms with Gasteiger partial charge in [0.05, 0.1) is 18.0 Å². The number of hydrogen-bond acceptors (Lipinski definition) is 6. The number of nitrogens with zero attached hydrogens (tertiary/aromatic N) is 1. The van der Waals surface area contributed by atoms with Crippen LogP contribution in [0.15, 0.2) is 46.3 Å². The lowest BCUT2D eigenvalue weighted by atomic mass is 10.1. The average Bonchev–Trinajstić information content (AvgIpc) is 3.16. The molecule has 2 N–H and O–H groups in total. The molecule has 2 aromatic rings. The number of hydrogen-bond donors (Lipinski definition) is 2. The molecule has 0 aromatic heterocycles. The van der Waals surface area contributed by atoms with Crippen LogP contribution in [0.3, 0.4) is 0 Å². The molecule has 0 saturated carbocycles. The molecule has 1 aliphatic rings. The second-order valence-electron chi connectivity index (χ2n) is 6.86. The number of nitrogens with one attached hydrogen (secondary N) is 2. The number of ether oxygens (including phenoxy) is 3. The van der Waals surface area contributed by atoms with Crippen molar-refractivity contribution >= 4 is 15.8 Å². The molecule has 8 nitrogen and oxygen atoms in total.